The van der Waals surface area contributed by atoms with E-state index in [2.05, 4.69) is 26.0 Å². The first-order chi connectivity index (χ1) is 10.1. The summed E-state index contributed by atoms with van der Waals surface area (Å²) in [5.41, 5.74) is 7.41. The van der Waals surface area contributed by atoms with E-state index in [1.165, 1.54) is 5.56 Å². The minimum atomic E-state index is 0.311. The summed E-state index contributed by atoms with van der Waals surface area (Å²) in [6, 6.07) is 18.5. The Morgan fingerprint density at radius 3 is 2.14 bits per heavy atom. The van der Waals surface area contributed by atoms with Gasteiger partial charge in [-0.15, -0.1) is 0 Å². The first kappa shape index (κ1) is 15.6. The van der Waals surface area contributed by atoms with Gasteiger partial charge in [-0.3, -0.25) is 0 Å². The molecule has 2 heteroatoms. The molecule has 2 N–H and O–H groups in total. The number of benzene rings is 2. The second-order valence-electron chi connectivity index (χ2n) is 5.86. The highest BCUT2D eigenvalue weighted by Gasteiger charge is 2.06. The Hall–Kier alpha value is -1.80. The van der Waals surface area contributed by atoms with E-state index in [0.29, 0.717) is 12.0 Å². The van der Waals surface area contributed by atoms with E-state index in [1.807, 2.05) is 42.5 Å². The lowest BCUT2D eigenvalue weighted by Gasteiger charge is -2.15. The molecule has 1 unspecified atom stereocenters. The van der Waals surface area contributed by atoms with Gasteiger partial charge < -0.3 is 10.5 Å². The lowest BCUT2D eigenvalue weighted by atomic mass is 9.98. The van der Waals surface area contributed by atoms with Gasteiger partial charge in [-0.25, -0.2) is 0 Å². The predicted molar refractivity (Wildman–Crippen MR) is 88.7 cm³/mol. The zero-order valence-electron chi connectivity index (χ0n) is 13.0. The maximum absolute atomic E-state index is 6.07. The molecule has 0 heterocycles. The van der Waals surface area contributed by atoms with Gasteiger partial charge in [0.2, 0.25) is 0 Å². The molecule has 2 nitrogen and oxygen atoms in total. The highest BCUT2D eigenvalue weighted by molar-refractivity contribution is 5.32. The first-order valence-electron chi connectivity index (χ1n) is 7.72. The number of hydrogen-bond donors (Lipinski definition) is 1. The topological polar surface area (TPSA) is 35.2 Å². The summed E-state index contributed by atoms with van der Waals surface area (Å²) in [6.45, 7) is 4.36. The molecule has 2 aromatic rings. The van der Waals surface area contributed by atoms with Crippen LogP contribution in [0.3, 0.4) is 0 Å². The largest absolute Gasteiger partial charge is 0.457 e. The molecule has 0 radical (unpaired) electrons. The number of nitrogens with two attached hydrogens (primary N) is 1. The van der Waals surface area contributed by atoms with Gasteiger partial charge in [0.05, 0.1) is 0 Å². The van der Waals surface area contributed by atoms with Crippen LogP contribution in [0.15, 0.2) is 54.6 Å². The van der Waals surface area contributed by atoms with Crippen LogP contribution in [-0.4, -0.2) is 6.04 Å². The molecule has 0 aliphatic carbocycles. The molecule has 2 rings (SSSR count). The summed E-state index contributed by atoms with van der Waals surface area (Å²) in [6.07, 6.45) is 3.30. The van der Waals surface area contributed by atoms with E-state index < -0.39 is 0 Å². The van der Waals surface area contributed by atoms with Gasteiger partial charge >= 0.3 is 0 Å². The second kappa shape index (κ2) is 7.84. The lowest BCUT2D eigenvalue weighted by molar-refractivity contribution is 0.452. The van der Waals surface area contributed by atoms with Crippen LogP contribution in [0.4, 0.5) is 0 Å². The number of hydrogen-bond acceptors (Lipinski definition) is 2. The Morgan fingerprint density at radius 2 is 1.52 bits per heavy atom. The van der Waals surface area contributed by atoms with Crippen LogP contribution >= 0.6 is 0 Å². The van der Waals surface area contributed by atoms with E-state index in [4.69, 9.17) is 10.5 Å². The SMILES string of the molecule is CC(C)C(N)CCCc1ccc(Oc2ccccc2)cc1. The zero-order valence-corrected chi connectivity index (χ0v) is 13.0. The number of aryl methyl sites for hydroxylation is 1. The molecule has 2 aromatic carbocycles. The second-order valence-corrected chi connectivity index (χ2v) is 5.86. The van der Waals surface area contributed by atoms with Crippen molar-refractivity contribution in [3.05, 3.63) is 60.2 Å². The molecule has 0 aliphatic heterocycles. The van der Waals surface area contributed by atoms with Crippen molar-refractivity contribution in [2.75, 3.05) is 0 Å². The third-order valence-electron chi connectivity index (χ3n) is 3.76. The van der Waals surface area contributed by atoms with Gasteiger partial charge in [-0.2, -0.15) is 0 Å². The van der Waals surface area contributed by atoms with E-state index in [0.717, 1.165) is 30.8 Å². The van der Waals surface area contributed by atoms with Crippen LogP contribution in [0, 0.1) is 5.92 Å². The molecule has 0 aromatic heterocycles. The van der Waals surface area contributed by atoms with Crippen molar-refractivity contribution in [3.8, 4) is 11.5 Å². The molecular weight excluding hydrogens is 258 g/mol. The summed E-state index contributed by atoms with van der Waals surface area (Å²) >= 11 is 0. The molecule has 0 amide bonds. The lowest BCUT2D eigenvalue weighted by Crippen LogP contribution is -2.26. The van der Waals surface area contributed by atoms with Crippen LogP contribution in [0.2, 0.25) is 0 Å². The van der Waals surface area contributed by atoms with Crippen molar-refractivity contribution in [2.24, 2.45) is 11.7 Å². The van der Waals surface area contributed by atoms with Crippen LogP contribution in [0.1, 0.15) is 32.3 Å². The summed E-state index contributed by atoms with van der Waals surface area (Å²) in [5, 5.41) is 0. The smallest absolute Gasteiger partial charge is 0.127 e. The van der Waals surface area contributed by atoms with Gasteiger partial charge in [0, 0.05) is 6.04 Å². The van der Waals surface area contributed by atoms with Crippen molar-refractivity contribution >= 4 is 0 Å². The van der Waals surface area contributed by atoms with Crippen molar-refractivity contribution in [1.29, 1.82) is 0 Å². The average Bonchev–Trinajstić information content (AvgIpc) is 2.50. The van der Waals surface area contributed by atoms with E-state index in [9.17, 15) is 0 Å². The van der Waals surface area contributed by atoms with Crippen molar-refractivity contribution in [3.63, 3.8) is 0 Å². The van der Waals surface area contributed by atoms with Gasteiger partial charge in [0.1, 0.15) is 11.5 Å². The fraction of sp³-hybridized carbons (Fsp3) is 0.368. The molecule has 0 bridgehead atoms. The maximum atomic E-state index is 6.07. The van der Waals surface area contributed by atoms with Crippen molar-refractivity contribution in [1.82, 2.24) is 0 Å². The summed E-state index contributed by atoms with van der Waals surface area (Å²) < 4.78 is 5.79. The minimum Gasteiger partial charge on any atom is -0.457 e. The predicted octanol–water partition coefficient (Wildman–Crippen LogP) is 4.78. The molecule has 21 heavy (non-hydrogen) atoms. The Labute approximate surface area is 127 Å². The summed E-state index contributed by atoms with van der Waals surface area (Å²) in [7, 11) is 0. The Morgan fingerprint density at radius 1 is 0.905 bits per heavy atom. The monoisotopic (exact) mass is 283 g/mol. The highest BCUT2D eigenvalue weighted by Crippen LogP contribution is 2.21. The van der Waals surface area contributed by atoms with E-state index >= 15 is 0 Å². The molecule has 0 spiro atoms. The molecule has 0 aliphatic rings. The number of rotatable bonds is 7. The molecule has 112 valence electrons. The van der Waals surface area contributed by atoms with Crippen LogP contribution in [0.5, 0.6) is 11.5 Å². The van der Waals surface area contributed by atoms with E-state index in [1.54, 1.807) is 0 Å². The van der Waals surface area contributed by atoms with Crippen LogP contribution in [0.25, 0.3) is 0 Å². The Kier molecular flexibility index (Phi) is 5.82. The van der Waals surface area contributed by atoms with Gasteiger partial charge in [0.15, 0.2) is 0 Å². The fourth-order valence-electron chi connectivity index (χ4n) is 2.22. The average molecular weight is 283 g/mol. The summed E-state index contributed by atoms with van der Waals surface area (Å²) in [5.74, 6) is 2.31. The minimum absolute atomic E-state index is 0.311. The fourth-order valence-corrected chi connectivity index (χ4v) is 2.22. The third-order valence-corrected chi connectivity index (χ3v) is 3.76. The number of ether oxygens (including phenoxy) is 1. The van der Waals surface area contributed by atoms with Gasteiger partial charge in [-0.05, 0) is 55.0 Å². The molecule has 0 saturated heterocycles. The highest BCUT2D eigenvalue weighted by atomic mass is 16.5. The van der Waals surface area contributed by atoms with Crippen LogP contribution in [-0.2, 0) is 6.42 Å². The Bertz CT molecular complexity index is 519. The van der Waals surface area contributed by atoms with Crippen molar-refractivity contribution in [2.45, 2.75) is 39.2 Å². The molecule has 1 atom stereocenters. The number of para-hydroxylation sites is 1. The van der Waals surface area contributed by atoms with Gasteiger partial charge in [0.25, 0.3) is 0 Å². The third kappa shape index (κ3) is 5.24. The quantitative estimate of drug-likeness (QED) is 0.793. The summed E-state index contributed by atoms with van der Waals surface area (Å²) in [4.78, 5) is 0. The normalized spacial score (nSPS) is 12.4. The molecule has 0 saturated carbocycles. The van der Waals surface area contributed by atoms with Crippen LogP contribution < -0.4 is 10.5 Å². The molecular formula is C19H25NO. The van der Waals surface area contributed by atoms with E-state index in [-0.39, 0.29) is 0 Å². The van der Waals surface area contributed by atoms with Gasteiger partial charge in [-0.1, -0.05) is 44.2 Å². The standard InChI is InChI=1S/C19H25NO/c1-15(2)19(20)10-6-7-16-11-13-18(14-12-16)21-17-8-4-3-5-9-17/h3-5,8-9,11-15,19H,6-7,10,20H2,1-2H3. The zero-order chi connectivity index (χ0) is 15.1. The Balaban J connectivity index is 1.82. The van der Waals surface area contributed by atoms with Crippen molar-refractivity contribution < 1.29 is 4.74 Å². The first-order valence-corrected chi connectivity index (χ1v) is 7.72. The maximum Gasteiger partial charge on any atom is 0.127 e. The molecule has 0 fully saturated rings.